The van der Waals surface area contributed by atoms with Crippen LogP contribution in [0.25, 0.3) is 11.4 Å². The molecule has 6 nitrogen and oxygen atoms in total. The van der Waals surface area contributed by atoms with E-state index in [0.717, 1.165) is 37.1 Å². The Balaban J connectivity index is 1.63. The molecule has 1 heterocycles. The lowest BCUT2D eigenvalue weighted by Gasteiger charge is -2.22. The van der Waals surface area contributed by atoms with Gasteiger partial charge in [-0.2, -0.15) is 5.10 Å². The van der Waals surface area contributed by atoms with Gasteiger partial charge in [0.1, 0.15) is 5.82 Å². The van der Waals surface area contributed by atoms with E-state index in [9.17, 15) is 9.90 Å². The number of amides is 1. The minimum absolute atomic E-state index is 0.168. The van der Waals surface area contributed by atoms with Crippen LogP contribution in [0.2, 0.25) is 0 Å². The largest absolute Gasteiger partial charge is 0.388 e. The van der Waals surface area contributed by atoms with Gasteiger partial charge in [0.05, 0.1) is 5.60 Å². The van der Waals surface area contributed by atoms with Crippen LogP contribution in [-0.2, 0) is 0 Å². The quantitative estimate of drug-likeness (QED) is 0.803. The predicted octanol–water partition coefficient (Wildman–Crippen LogP) is 1.82. The maximum Gasteiger partial charge on any atom is 0.251 e. The van der Waals surface area contributed by atoms with Crippen molar-refractivity contribution in [1.82, 2.24) is 20.5 Å². The third kappa shape index (κ3) is 3.17. The first kappa shape index (κ1) is 14.7. The molecule has 116 valence electrons. The first-order valence-electron chi connectivity index (χ1n) is 7.56. The molecule has 1 amide bonds. The SMILES string of the molecule is Cc1nc(-c2ccc(C(=O)NCC3(O)CCCC3)cc2)n[nH]1. The average molecular weight is 300 g/mol. The zero-order valence-electron chi connectivity index (χ0n) is 12.6. The number of carbonyl (C=O) groups excluding carboxylic acids is 1. The summed E-state index contributed by atoms with van der Waals surface area (Å²) in [4.78, 5) is 16.4. The van der Waals surface area contributed by atoms with Gasteiger partial charge in [-0.3, -0.25) is 9.89 Å². The molecule has 0 saturated heterocycles. The minimum Gasteiger partial charge on any atom is -0.388 e. The van der Waals surface area contributed by atoms with Crippen LogP contribution >= 0.6 is 0 Å². The van der Waals surface area contributed by atoms with Gasteiger partial charge in [0.2, 0.25) is 0 Å². The fourth-order valence-electron chi connectivity index (χ4n) is 2.80. The summed E-state index contributed by atoms with van der Waals surface area (Å²) in [7, 11) is 0. The highest BCUT2D eigenvalue weighted by atomic mass is 16.3. The van der Waals surface area contributed by atoms with Crippen molar-refractivity contribution in [3.05, 3.63) is 35.7 Å². The number of hydrogen-bond acceptors (Lipinski definition) is 4. The van der Waals surface area contributed by atoms with E-state index in [1.165, 1.54) is 0 Å². The highest BCUT2D eigenvalue weighted by Gasteiger charge is 2.31. The number of rotatable bonds is 4. The molecule has 0 unspecified atom stereocenters. The summed E-state index contributed by atoms with van der Waals surface area (Å²) in [5.74, 6) is 1.20. The van der Waals surface area contributed by atoms with Gasteiger partial charge in [0, 0.05) is 17.7 Å². The van der Waals surface area contributed by atoms with Crippen molar-refractivity contribution in [3.8, 4) is 11.4 Å². The number of aryl methyl sites for hydroxylation is 1. The molecule has 1 aromatic carbocycles. The summed E-state index contributed by atoms with van der Waals surface area (Å²) in [6.45, 7) is 2.15. The van der Waals surface area contributed by atoms with Crippen molar-refractivity contribution < 1.29 is 9.90 Å². The molecule has 1 fully saturated rings. The third-order valence-corrected chi connectivity index (χ3v) is 4.11. The topological polar surface area (TPSA) is 90.9 Å². The number of hydrogen-bond donors (Lipinski definition) is 3. The monoisotopic (exact) mass is 300 g/mol. The maximum absolute atomic E-state index is 12.1. The molecule has 3 N–H and O–H groups in total. The van der Waals surface area contributed by atoms with E-state index in [2.05, 4.69) is 20.5 Å². The van der Waals surface area contributed by atoms with Crippen LogP contribution in [0.15, 0.2) is 24.3 Å². The summed E-state index contributed by atoms with van der Waals surface area (Å²) >= 11 is 0. The van der Waals surface area contributed by atoms with Crippen LogP contribution in [0.1, 0.15) is 41.9 Å². The number of carbonyl (C=O) groups is 1. The summed E-state index contributed by atoms with van der Waals surface area (Å²) in [6.07, 6.45) is 3.57. The molecule has 0 radical (unpaired) electrons. The highest BCUT2D eigenvalue weighted by Crippen LogP contribution is 2.28. The zero-order valence-corrected chi connectivity index (χ0v) is 12.6. The standard InChI is InChI=1S/C16H20N4O2/c1-11-18-14(20-19-11)12-4-6-13(7-5-12)15(21)17-10-16(22)8-2-3-9-16/h4-7,22H,2-3,8-10H2,1H3,(H,17,21)(H,18,19,20). The number of benzene rings is 1. The predicted molar refractivity (Wildman–Crippen MR) is 82.3 cm³/mol. The van der Waals surface area contributed by atoms with Gasteiger partial charge in [-0.1, -0.05) is 25.0 Å². The number of aliphatic hydroxyl groups is 1. The normalized spacial score (nSPS) is 16.6. The van der Waals surface area contributed by atoms with Gasteiger partial charge in [0.25, 0.3) is 5.91 Å². The Morgan fingerprint density at radius 2 is 2.00 bits per heavy atom. The summed E-state index contributed by atoms with van der Waals surface area (Å²) < 4.78 is 0. The summed E-state index contributed by atoms with van der Waals surface area (Å²) in [5, 5.41) is 19.9. The molecule has 6 heteroatoms. The number of aromatic amines is 1. The Hall–Kier alpha value is -2.21. The van der Waals surface area contributed by atoms with E-state index in [1.807, 2.05) is 19.1 Å². The fraction of sp³-hybridized carbons (Fsp3) is 0.438. The van der Waals surface area contributed by atoms with E-state index in [4.69, 9.17) is 0 Å². The molecule has 0 spiro atoms. The van der Waals surface area contributed by atoms with Crippen molar-refractivity contribution in [2.24, 2.45) is 0 Å². The maximum atomic E-state index is 12.1. The van der Waals surface area contributed by atoms with Crippen LogP contribution in [0.5, 0.6) is 0 Å². The van der Waals surface area contributed by atoms with E-state index in [-0.39, 0.29) is 5.91 Å². The molecule has 0 bridgehead atoms. The Morgan fingerprint density at radius 1 is 1.32 bits per heavy atom. The van der Waals surface area contributed by atoms with Crippen LogP contribution in [-0.4, -0.2) is 38.3 Å². The Bertz CT molecular complexity index is 657. The van der Waals surface area contributed by atoms with Crippen LogP contribution in [0.3, 0.4) is 0 Å². The number of aromatic nitrogens is 3. The zero-order chi connectivity index (χ0) is 15.6. The Kier molecular flexibility index (Phi) is 3.94. The Morgan fingerprint density at radius 3 is 2.59 bits per heavy atom. The van der Waals surface area contributed by atoms with Gasteiger partial charge in [-0.25, -0.2) is 4.98 Å². The van der Waals surface area contributed by atoms with Crippen LogP contribution in [0.4, 0.5) is 0 Å². The van der Waals surface area contributed by atoms with Crippen molar-refractivity contribution in [1.29, 1.82) is 0 Å². The third-order valence-electron chi connectivity index (χ3n) is 4.11. The number of H-pyrrole nitrogens is 1. The molecule has 1 aromatic heterocycles. The second-order valence-electron chi connectivity index (χ2n) is 5.94. The molecular formula is C16H20N4O2. The lowest BCUT2D eigenvalue weighted by Crippen LogP contribution is -2.40. The molecule has 3 rings (SSSR count). The van der Waals surface area contributed by atoms with Crippen molar-refractivity contribution >= 4 is 5.91 Å². The van der Waals surface area contributed by atoms with Crippen molar-refractivity contribution in [2.75, 3.05) is 6.54 Å². The molecule has 1 aliphatic carbocycles. The second-order valence-corrected chi connectivity index (χ2v) is 5.94. The van der Waals surface area contributed by atoms with Gasteiger partial charge in [0.15, 0.2) is 5.82 Å². The van der Waals surface area contributed by atoms with E-state index >= 15 is 0 Å². The first-order chi connectivity index (χ1) is 10.6. The number of nitrogens with one attached hydrogen (secondary N) is 2. The molecule has 0 atom stereocenters. The summed E-state index contributed by atoms with van der Waals surface area (Å²) in [6, 6.07) is 7.13. The molecule has 0 aliphatic heterocycles. The summed E-state index contributed by atoms with van der Waals surface area (Å²) in [5.41, 5.74) is 0.694. The lowest BCUT2D eigenvalue weighted by molar-refractivity contribution is 0.0449. The highest BCUT2D eigenvalue weighted by molar-refractivity contribution is 5.94. The van der Waals surface area contributed by atoms with Gasteiger partial charge >= 0.3 is 0 Å². The molecule has 2 aromatic rings. The van der Waals surface area contributed by atoms with E-state index in [1.54, 1.807) is 12.1 Å². The molecular weight excluding hydrogens is 280 g/mol. The molecule has 1 saturated carbocycles. The molecule has 22 heavy (non-hydrogen) atoms. The van der Waals surface area contributed by atoms with Crippen molar-refractivity contribution in [3.63, 3.8) is 0 Å². The first-order valence-corrected chi connectivity index (χ1v) is 7.56. The van der Waals surface area contributed by atoms with Gasteiger partial charge < -0.3 is 10.4 Å². The smallest absolute Gasteiger partial charge is 0.251 e. The average Bonchev–Trinajstić information content (AvgIpc) is 3.14. The lowest BCUT2D eigenvalue weighted by atomic mass is 10.0. The molecule has 1 aliphatic rings. The van der Waals surface area contributed by atoms with E-state index in [0.29, 0.717) is 17.9 Å². The van der Waals surface area contributed by atoms with E-state index < -0.39 is 5.60 Å². The van der Waals surface area contributed by atoms with Crippen LogP contribution in [0, 0.1) is 6.92 Å². The number of nitrogens with zero attached hydrogens (tertiary/aromatic N) is 2. The van der Waals surface area contributed by atoms with Crippen molar-refractivity contribution in [2.45, 2.75) is 38.2 Å². The second kappa shape index (κ2) is 5.88. The van der Waals surface area contributed by atoms with Gasteiger partial charge in [-0.05, 0) is 31.9 Å². The Labute approximate surface area is 129 Å². The van der Waals surface area contributed by atoms with Crippen LogP contribution < -0.4 is 5.32 Å². The minimum atomic E-state index is -0.730. The van der Waals surface area contributed by atoms with Gasteiger partial charge in [-0.15, -0.1) is 0 Å². The fourth-order valence-corrected chi connectivity index (χ4v) is 2.80.